The van der Waals surface area contributed by atoms with E-state index in [1.54, 1.807) is 20.9 Å². The Kier molecular flexibility index (Phi) is 5.35. The van der Waals surface area contributed by atoms with E-state index in [9.17, 15) is 8.42 Å². The summed E-state index contributed by atoms with van der Waals surface area (Å²) in [6.45, 7) is 5.48. The molecule has 4 heteroatoms. The van der Waals surface area contributed by atoms with Crippen LogP contribution in [0.2, 0.25) is 0 Å². The van der Waals surface area contributed by atoms with E-state index in [0.717, 1.165) is 5.56 Å². The molecule has 0 radical (unpaired) electrons. The Balaban J connectivity index is 3.04. The lowest BCUT2D eigenvalue weighted by atomic mass is 10.0. The van der Waals surface area contributed by atoms with E-state index in [4.69, 9.17) is 0 Å². The van der Waals surface area contributed by atoms with Crippen molar-refractivity contribution < 1.29 is 8.42 Å². The molecule has 18 heavy (non-hydrogen) atoms. The minimum atomic E-state index is -3.11. The molecule has 3 unspecified atom stereocenters. The van der Waals surface area contributed by atoms with Crippen molar-refractivity contribution in [3.63, 3.8) is 0 Å². The minimum absolute atomic E-state index is 0.162. The highest BCUT2D eigenvalue weighted by molar-refractivity contribution is 7.92. The van der Waals surface area contributed by atoms with Crippen LogP contribution in [0.15, 0.2) is 30.3 Å². The summed E-state index contributed by atoms with van der Waals surface area (Å²) in [5.74, 6) is 0. The van der Waals surface area contributed by atoms with E-state index < -0.39 is 15.1 Å². The Hall–Kier alpha value is -0.870. The van der Waals surface area contributed by atoms with Gasteiger partial charge in [0.05, 0.1) is 10.5 Å². The van der Waals surface area contributed by atoms with Gasteiger partial charge < -0.3 is 5.32 Å². The standard InChI is InChI=1S/C14H23NO2S/c1-5-11(2)18(16,17)12(3)14(15-4)13-9-7-6-8-10-13/h6-12,14-15H,5H2,1-4H3. The van der Waals surface area contributed by atoms with E-state index in [0.29, 0.717) is 6.42 Å². The van der Waals surface area contributed by atoms with Crippen LogP contribution in [0.5, 0.6) is 0 Å². The van der Waals surface area contributed by atoms with Gasteiger partial charge in [-0.05, 0) is 32.9 Å². The first-order valence-electron chi connectivity index (χ1n) is 6.40. The highest BCUT2D eigenvalue weighted by Gasteiger charge is 2.32. The van der Waals surface area contributed by atoms with Gasteiger partial charge in [0.1, 0.15) is 0 Å². The van der Waals surface area contributed by atoms with Crippen LogP contribution >= 0.6 is 0 Å². The van der Waals surface area contributed by atoms with Crippen molar-refractivity contribution in [3.05, 3.63) is 35.9 Å². The number of benzene rings is 1. The van der Waals surface area contributed by atoms with Gasteiger partial charge in [-0.25, -0.2) is 8.42 Å². The maximum absolute atomic E-state index is 12.4. The molecule has 0 aliphatic rings. The van der Waals surface area contributed by atoms with Gasteiger partial charge in [0, 0.05) is 6.04 Å². The quantitative estimate of drug-likeness (QED) is 0.863. The molecule has 0 bridgehead atoms. The van der Waals surface area contributed by atoms with Crippen LogP contribution in [-0.2, 0) is 9.84 Å². The Morgan fingerprint density at radius 2 is 1.72 bits per heavy atom. The third kappa shape index (κ3) is 3.12. The molecule has 1 N–H and O–H groups in total. The molecule has 3 nitrogen and oxygen atoms in total. The summed E-state index contributed by atoms with van der Waals surface area (Å²) in [6.07, 6.45) is 0.651. The van der Waals surface area contributed by atoms with Crippen molar-refractivity contribution in [1.82, 2.24) is 5.32 Å². The number of nitrogens with one attached hydrogen (secondary N) is 1. The van der Waals surface area contributed by atoms with Gasteiger partial charge in [-0.3, -0.25) is 0 Å². The van der Waals surface area contributed by atoms with Crippen LogP contribution in [0.1, 0.15) is 38.8 Å². The first-order chi connectivity index (χ1) is 8.45. The van der Waals surface area contributed by atoms with Gasteiger partial charge in [-0.15, -0.1) is 0 Å². The van der Waals surface area contributed by atoms with E-state index in [-0.39, 0.29) is 11.3 Å². The second-order valence-corrected chi connectivity index (χ2v) is 7.42. The first kappa shape index (κ1) is 15.2. The molecule has 3 atom stereocenters. The van der Waals surface area contributed by atoms with E-state index in [2.05, 4.69) is 5.32 Å². The number of rotatable bonds is 6. The van der Waals surface area contributed by atoms with Gasteiger partial charge in [-0.1, -0.05) is 37.3 Å². The Bertz CT molecular complexity index is 456. The summed E-state index contributed by atoms with van der Waals surface area (Å²) in [5, 5.41) is 2.39. The molecular formula is C14H23NO2S. The van der Waals surface area contributed by atoms with Crippen LogP contribution in [0, 0.1) is 0 Å². The van der Waals surface area contributed by atoms with E-state index in [1.165, 1.54) is 0 Å². The minimum Gasteiger partial charge on any atom is -0.312 e. The molecular weight excluding hydrogens is 246 g/mol. The zero-order valence-corrected chi connectivity index (χ0v) is 12.4. The zero-order valence-electron chi connectivity index (χ0n) is 11.6. The second kappa shape index (κ2) is 6.34. The van der Waals surface area contributed by atoms with Gasteiger partial charge in [0.2, 0.25) is 0 Å². The molecule has 0 aliphatic heterocycles. The summed E-state index contributed by atoms with van der Waals surface area (Å²) in [5.41, 5.74) is 1.01. The van der Waals surface area contributed by atoms with Crippen LogP contribution in [0.3, 0.4) is 0 Å². The molecule has 1 rings (SSSR count). The average molecular weight is 269 g/mol. The molecule has 0 amide bonds. The lowest BCUT2D eigenvalue weighted by Crippen LogP contribution is -2.37. The topological polar surface area (TPSA) is 46.2 Å². The summed E-state index contributed by atoms with van der Waals surface area (Å²) < 4.78 is 24.8. The van der Waals surface area contributed by atoms with Crippen LogP contribution in [-0.4, -0.2) is 26.0 Å². The van der Waals surface area contributed by atoms with Gasteiger partial charge in [0.25, 0.3) is 0 Å². The van der Waals surface area contributed by atoms with Crippen molar-refractivity contribution >= 4 is 9.84 Å². The smallest absolute Gasteiger partial charge is 0.157 e. The molecule has 1 aromatic carbocycles. The van der Waals surface area contributed by atoms with Crippen molar-refractivity contribution in [3.8, 4) is 0 Å². The molecule has 0 aromatic heterocycles. The maximum atomic E-state index is 12.4. The van der Waals surface area contributed by atoms with Crippen LogP contribution in [0.4, 0.5) is 0 Å². The van der Waals surface area contributed by atoms with Crippen molar-refractivity contribution in [2.75, 3.05) is 7.05 Å². The SMILES string of the molecule is CCC(C)S(=O)(=O)C(C)C(NC)c1ccccc1. The highest BCUT2D eigenvalue weighted by Crippen LogP contribution is 2.25. The second-order valence-electron chi connectivity index (χ2n) is 4.69. The molecule has 0 heterocycles. The normalized spacial score (nSPS) is 17.1. The summed E-state index contributed by atoms with van der Waals surface area (Å²) in [6, 6.07) is 9.56. The largest absolute Gasteiger partial charge is 0.312 e. The van der Waals surface area contributed by atoms with Crippen molar-refractivity contribution in [2.24, 2.45) is 0 Å². The fourth-order valence-electron chi connectivity index (χ4n) is 2.12. The summed E-state index contributed by atoms with van der Waals surface area (Å²) >= 11 is 0. The third-order valence-corrected chi connectivity index (χ3v) is 6.36. The summed E-state index contributed by atoms with van der Waals surface area (Å²) in [7, 11) is -1.31. The Morgan fingerprint density at radius 1 is 1.17 bits per heavy atom. The first-order valence-corrected chi connectivity index (χ1v) is 8.01. The number of hydrogen-bond donors (Lipinski definition) is 1. The maximum Gasteiger partial charge on any atom is 0.157 e. The number of hydrogen-bond acceptors (Lipinski definition) is 3. The Labute approximate surface area is 111 Å². The third-order valence-electron chi connectivity index (χ3n) is 3.59. The Morgan fingerprint density at radius 3 is 2.17 bits per heavy atom. The molecule has 102 valence electrons. The molecule has 0 saturated heterocycles. The lowest BCUT2D eigenvalue weighted by Gasteiger charge is -2.26. The van der Waals surface area contributed by atoms with E-state index in [1.807, 2.05) is 37.3 Å². The fourth-order valence-corrected chi connectivity index (χ4v) is 3.99. The predicted molar refractivity (Wildman–Crippen MR) is 76.4 cm³/mol. The van der Waals surface area contributed by atoms with Crippen LogP contribution < -0.4 is 5.32 Å². The van der Waals surface area contributed by atoms with Gasteiger partial charge in [-0.2, -0.15) is 0 Å². The molecule has 1 aromatic rings. The molecule has 0 saturated carbocycles. The van der Waals surface area contributed by atoms with Crippen molar-refractivity contribution in [2.45, 2.75) is 43.7 Å². The zero-order chi connectivity index (χ0) is 13.8. The molecule has 0 fully saturated rings. The van der Waals surface area contributed by atoms with Crippen LogP contribution in [0.25, 0.3) is 0 Å². The average Bonchev–Trinajstić information content (AvgIpc) is 2.39. The number of sulfone groups is 1. The monoisotopic (exact) mass is 269 g/mol. The lowest BCUT2D eigenvalue weighted by molar-refractivity contribution is 0.521. The van der Waals surface area contributed by atoms with Gasteiger partial charge in [0.15, 0.2) is 9.84 Å². The van der Waals surface area contributed by atoms with E-state index >= 15 is 0 Å². The van der Waals surface area contributed by atoms with Gasteiger partial charge >= 0.3 is 0 Å². The van der Waals surface area contributed by atoms with Crippen molar-refractivity contribution in [1.29, 1.82) is 0 Å². The fraction of sp³-hybridized carbons (Fsp3) is 0.571. The molecule has 0 aliphatic carbocycles. The summed E-state index contributed by atoms with van der Waals surface area (Å²) in [4.78, 5) is 0. The highest BCUT2D eigenvalue weighted by atomic mass is 32.2. The predicted octanol–water partition coefficient (Wildman–Crippen LogP) is 2.55. The molecule has 0 spiro atoms.